The van der Waals surface area contributed by atoms with Gasteiger partial charge in [-0.15, -0.1) is 0 Å². The van der Waals surface area contributed by atoms with Crippen molar-refractivity contribution < 1.29 is 22.6 Å². The first-order valence-electron chi connectivity index (χ1n) is 7.83. The number of carbonyl (C=O) groups excluding carboxylic acids is 1. The fourth-order valence-corrected chi connectivity index (χ4v) is 3.49. The number of hydrogen-bond donors (Lipinski definition) is 0. The molecule has 0 aliphatic carbocycles. The molecule has 0 radical (unpaired) electrons. The lowest BCUT2D eigenvalue weighted by atomic mass is 10.2. The number of nitro benzene ring substituents is 1. The molecule has 0 N–H and O–H groups in total. The summed E-state index contributed by atoms with van der Waals surface area (Å²) in [6, 6.07) is 7.10. The molecule has 0 atom stereocenters. The van der Waals surface area contributed by atoms with Crippen LogP contribution in [-0.2, 0) is 9.84 Å². The highest BCUT2D eigenvalue weighted by Gasteiger charge is 2.28. The van der Waals surface area contributed by atoms with Gasteiger partial charge in [0.2, 0.25) is 0 Å². The van der Waals surface area contributed by atoms with Gasteiger partial charge in [0.25, 0.3) is 11.6 Å². The van der Waals surface area contributed by atoms with E-state index in [0.717, 1.165) is 12.3 Å². The lowest BCUT2D eigenvalue weighted by Gasteiger charge is -2.35. The number of benzene rings is 1. The minimum absolute atomic E-state index is 0.0976. The first-order chi connectivity index (χ1) is 12.3. The SMILES string of the molecule is CS(=O)(=O)c1ccc(N2CCN(C(=O)c3ccco3)CC2)c([N+](=O)[O-])c1. The molecule has 0 bridgehead atoms. The minimum atomic E-state index is -3.54. The van der Waals surface area contributed by atoms with Gasteiger partial charge in [0, 0.05) is 38.5 Å². The van der Waals surface area contributed by atoms with Crippen molar-refractivity contribution in [1.82, 2.24) is 4.90 Å². The second-order valence-corrected chi connectivity index (χ2v) is 7.95. The molecule has 1 saturated heterocycles. The van der Waals surface area contributed by atoms with Crippen LogP contribution in [0, 0.1) is 10.1 Å². The van der Waals surface area contributed by atoms with Crippen molar-refractivity contribution in [3.63, 3.8) is 0 Å². The fraction of sp³-hybridized carbons (Fsp3) is 0.312. The van der Waals surface area contributed by atoms with Crippen molar-refractivity contribution >= 4 is 27.1 Å². The molecule has 1 fully saturated rings. The Morgan fingerprint density at radius 2 is 1.88 bits per heavy atom. The molecule has 0 unspecified atom stereocenters. The predicted molar refractivity (Wildman–Crippen MR) is 93.0 cm³/mol. The number of piperazine rings is 1. The summed E-state index contributed by atoms with van der Waals surface area (Å²) in [5.41, 5.74) is 0.0752. The molecule has 138 valence electrons. The molecule has 1 amide bonds. The van der Waals surface area contributed by atoms with E-state index in [1.807, 2.05) is 0 Å². The molecule has 0 saturated carbocycles. The third-order valence-electron chi connectivity index (χ3n) is 4.21. The number of carbonyl (C=O) groups is 1. The smallest absolute Gasteiger partial charge is 0.293 e. The molecule has 3 rings (SSSR count). The predicted octanol–water partition coefficient (Wildman–Crippen LogP) is 1.55. The summed E-state index contributed by atoms with van der Waals surface area (Å²) in [6.45, 7) is 1.55. The molecule has 1 aliphatic rings. The minimum Gasteiger partial charge on any atom is -0.459 e. The lowest BCUT2D eigenvalue weighted by Crippen LogP contribution is -2.48. The zero-order valence-corrected chi connectivity index (χ0v) is 14.8. The lowest BCUT2D eigenvalue weighted by molar-refractivity contribution is -0.384. The average molecular weight is 379 g/mol. The summed E-state index contributed by atoms with van der Waals surface area (Å²) in [7, 11) is -3.54. The summed E-state index contributed by atoms with van der Waals surface area (Å²) in [5.74, 6) is 0.0264. The summed E-state index contributed by atoms with van der Waals surface area (Å²) in [5, 5.41) is 11.4. The van der Waals surface area contributed by atoms with E-state index in [0.29, 0.717) is 31.9 Å². The Labute approximate surface area is 149 Å². The van der Waals surface area contributed by atoms with Gasteiger partial charge in [-0.3, -0.25) is 14.9 Å². The van der Waals surface area contributed by atoms with E-state index in [1.54, 1.807) is 21.9 Å². The molecule has 0 spiro atoms. The highest BCUT2D eigenvalue weighted by atomic mass is 32.2. The molecule has 1 aromatic carbocycles. The van der Waals surface area contributed by atoms with Crippen LogP contribution in [0.15, 0.2) is 45.9 Å². The van der Waals surface area contributed by atoms with Gasteiger partial charge in [-0.25, -0.2) is 8.42 Å². The first kappa shape index (κ1) is 17.9. The maximum absolute atomic E-state index is 12.3. The van der Waals surface area contributed by atoms with E-state index in [-0.39, 0.29) is 22.3 Å². The number of nitro groups is 1. The molecule has 1 aliphatic heterocycles. The van der Waals surface area contributed by atoms with Crippen LogP contribution in [0.25, 0.3) is 0 Å². The monoisotopic (exact) mass is 379 g/mol. The molecule has 2 heterocycles. The van der Waals surface area contributed by atoms with Crippen molar-refractivity contribution in [3.8, 4) is 0 Å². The van der Waals surface area contributed by atoms with E-state index >= 15 is 0 Å². The Morgan fingerprint density at radius 3 is 2.42 bits per heavy atom. The maximum Gasteiger partial charge on any atom is 0.293 e. The van der Waals surface area contributed by atoms with Crippen molar-refractivity contribution in [2.75, 3.05) is 37.3 Å². The van der Waals surface area contributed by atoms with Crippen molar-refractivity contribution in [2.45, 2.75) is 4.90 Å². The zero-order chi connectivity index (χ0) is 18.9. The molecule has 10 heteroatoms. The van der Waals surface area contributed by atoms with Crippen LogP contribution in [0.4, 0.5) is 11.4 Å². The summed E-state index contributed by atoms with van der Waals surface area (Å²) in [6.07, 6.45) is 2.43. The van der Waals surface area contributed by atoms with Crippen LogP contribution in [0.1, 0.15) is 10.6 Å². The van der Waals surface area contributed by atoms with Gasteiger partial charge in [-0.2, -0.15) is 0 Å². The largest absolute Gasteiger partial charge is 0.459 e. The Morgan fingerprint density at radius 1 is 1.19 bits per heavy atom. The van der Waals surface area contributed by atoms with Crippen LogP contribution in [0.2, 0.25) is 0 Å². The molecule has 9 nitrogen and oxygen atoms in total. The van der Waals surface area contributed by atoms with Crippen LogP contribution in [0.3, 0.4) is 0 Å². The number of rotatable bonds is 4. The van der Waals surface area contributed by atoms with Gasteiger partial charge >= 0.3 is 0 Å². The van der Waals surface area contributed by atoms with Crippen molar-refractivity contribution in [1.29, 1.82) is 0 Å². The van der Waals surface area contributed by atoms with E-state index in [9.17, 15) is 23.3 Å². The first-order valence-corrected chi connectivity index (χ1v) is 9.73. The standard InChI is InChI=1S/C16H17N3O6S/c1-26(23,24)12-4-5-13(14(11-12)19(21)22)17-6-8-18(9-7-17)16(20)15-3-2-10-25-15/h2-5,10-11H,6-9H2,1H3. The Hall–Kier alpha value is -2.88. The normalized spacial score (nSPS) is 15.1. The van der Waals surface area contributed by atoms with Gasteiger partial charge < -0.3 is 14.2 Å². The molecule has 2 aromatic rings. The third-order valence-corrected chi connectivity index (χ3v) is 5.32. The van der Waals surface area contributed by atoms with Gasteiger partial charge in [0.1, 0.15) is 5.69 Å². The summed E-state index contributed by atoms with van der Waals surface area (Å²) in [4.78, 5) is 26.4. The number of hydrogen-bond acceptors (Lipinski definition) is 7. The fourth-order valence-electron chi connectivity index (χ4n) is 2.85. The highest BCUT2D eigenvalue weighted by Crippen LogP contribution is 2.31. The summed E-state index contributed by atoms with van der Waals surface area (Å²) < 4.78 is 28.4. The van der Waals surface area contributed by atoms with Gasteiger partial charge in [0.15, 0.2) is 15.6 Å². The van der Waals surface area contributed by atoms with E-state index in [1.165, 1.54) is 18.4 Å². The second-order valence-electron chi connectivity index (χ2n) is 5.94. The van der Waals surface area contributed by atoms with Crippen LogP contribution in [-0.4, -0.2) is 56.6 Å². The van der Waals surface area contributed by atoms with Gasteiger partial charge in [-0.1, -0.05) is 0 Å². The number of anilines is 1. The third kappa shape index (κ3) is 3.54. The number of furan rings is 1. The molecular weight excluding hydrogens is 362 g/mol. The number of sulfone groups is 1. The van der Waals surface area contributed by atoms with E-state index in [2.05, 4.69) is 0 Å². The quantitative estimate of drug-likeness (QED) is 0.585. The van der Waals surface area contributed by atoms with E-state index < -0.39 is 14.8 Å². The van der Waals surface area contributed by atoms with Crippen LogP contribution >= 0.6 is 0 Å². The Balaban J connectivity index is 1.79. The van der Waals surface area contributed by atoms with Crippen molar-refractivity contribution in [2.24, 2.45) is 0 Å². The molecular formula is C16H17N3O6S. The second kappa shape index (κ2) is 6.79. The van der Waals surface area contributed by atoms with Gasteiger partial charge in [0.05, 0.1) is 16.1 Å². The average Bonchev–Trinajstić information content (AvgIpc) is 3.14. The number of amides is 1. The van der Waals surface area contributed by atoms with Crippen LogP contribution in [0.5, 0.6) is 0 Å². The highest BCUT2D eigenvalue weighted by molar-refractivity contribution is 7.90. The topological polar surface area (TPSA) is 114 Å². The van der Waals surface area contributed by atoms with E-state index in [4.69, 9.17) is 4.42 Å². The van der Waals surface area contributed by atoms with Gasteiger partial charge in [-0.05, 0) is 24.3 Å². The number of nitrogens with zero attached hydrogens (tertiary/aromatic N) is 3. The molecule has 26 heavy (non-hydrogen) atoms. The Bertz CT molecular complexity index is 931. The van der Waals surface area contributed by atoms with Crippen LogP contribution < -0.4 is 4.90 Å². The zero-order valence-electron chi connectivity index (χ0n) is 14.0. The van der Waals surface area contributed by atoms with Crippen molar-refractivity contribution in [3.05, 3.63) is 52.5 Å². The molecule has 1 aromatic heterocycles. The Kier molecular flexibility index (Phi) is 4.68. The summed E-state index contributed by atoms with van der Waals surface area (Å²) >= 11 is 0. The maximum atomic E-state index is 12.3.